The predicted molar refractivity (Wildman–Crippen MR) is 97.1 cm³/mol. The molecule has 2 unspecified atom stereocenters. The molecule has 1 aromatic carbocycles. The van der Waals surface area contributed by atoms with Crippen molar-refractivity contribution in [2.24, 2.45) is 0 Å². The molecule has 0 radical (unpaired) electrons. The van der Waals surface area contributed by atoms with E-state index in [9.17, 15) is 4.79 Å². The van der Waals surface area contributed by atoms with Gasteiger partial charge in [-0.25, -0.2) is 4.31 Å². The minimum absolute atomic E-state index is 0.0607. The van der Waals surface area contributed by atoms with Crippen molar-refractivity contribution in [3.63, 3.8) is 0 Å². The monoisotopic (exact) mass is 359 g/mol. The lowest BCUT2D eigenvalue weighted by Gasteiger charge is -2.40. The van der Waals surface area contributed by atoms with E-state index < -0.39 is 0 Å². The van der Waals surface area contributed by atoms with Gasteiger partial charge in [-0.1, -0.05) is 6.07 Å². The number of piperazine rings is 1. The van der Waals surface area contributed by atoms with Gasteiger partial charge in [0.2, 0.25) is 0 Å². The van der Waals surface area contributed by atoms with E-state index >= 15 is 0 Å². The SMILES string of the molecule is O=C(C1=CNNN1)N1CC2CCC(C1)N2Sc1cccc2c1NCN2. The van der Waals surface area contributed by atoms with Gasteiger partial charge in [0.25, 0.3) is 5.91 Å². The lowest BCUT2D eigenvalue weighted by Crippen LogP contribution is -2.53. The van der Waals surface area contributed by atoms with E-state index in [0.29, 0.717) is 17.8 Å². The van der Waals surface area contributed by atoms with Crippen molar-refractivity contribution in [1.82, 2.24) is 25.6 Å². The Labute approximate surface area is 150 Å². The number of anilines is 2. The second kappa shape index (κ2) is 6.01. The van der Waals surface area contributed by atoms with Crippen LogP contribution in [0.3, 0.4) is 0 Å². The van der Waals surface area contributed by atoms with Crippen molar-refractivity contribution < 1.29 is 4.79 Å². The summed E-state index contributed by atoms with van der Waals surface area (Å²) in [5.41, 5.74) is 11.3. The molecule has 0 aromatic heterocycles. The summed E-state index contributed by atoms with van der Waals surface area (Å²) in [7, 11) is 0. The number of amides is 1. The lowest BCUT2D eigenvalue weighted by atomic mass is 10.2. The number of nitrogens with zero attached hydrogens (tertiary/aromatic N) is 2. The fourth-order valence-electron chi connectivity index (χ4n) is 3.99. The summed E-state index contributed by atoms with van der Waals surface area (Å²) < 4.78 is 2.51. The molecule has 4 aliphatic rings. The number of nitrogens with one attached hydrogen (secondary N) is 5. The molecule has 1 amide bonds. The normalized spacial score (nSPS) is 27.0. The smallest absolute Gasteiger partial charge is 0.273 e. The quantitative estimate of drug-likeness (QED) is 0.503. The number of carbonyl (C=O) groups is 1. The van der Waals surface area contributed by atoms with Crippen LogP contribution in [0.4, 0.5) is 11.4 Å². The van der Waals surface area contributed by atoms with Gasteiger partial charge in [-0.2, -0.15) is 5.53 Å². The number of likely N-dealkylation sites (tertiary alicyclic amines) is 1. The molecule has 0 saturated carbocycles. The second-order valence-corrected chi connectivity index (χ2v) is 7.75. The summed E-state index contributed by atoms with van der Waals surface area (Å²) in [5, 5.41) is 6.77. The highest BCUT2D eigenvalue weighted by Crippen LogP contribution is 2.44. The zero-order valence-corrected chi connectivity index (χ0v) is 14.5. The molecule has 2 bridgehead atoms. The molecule has 25 heavy (non-hydrogen) atoms. The van der Waals surface area contributed by atoms with Gasteiger partial charge < -0.3 is 21.0 Å². The van der Waals surface area contributed by atoms with Gasteiger partial charge in [-0.05, 0) is 36.9 Å². The number of fused-ring (bicyclic) bond motifs is 3. The highest BCUT2D eigenvalue weighted by molar-refractivity contribution is 7.97. The minimum atomic E-state index is 0.0607. The van der Waals surface area contributed by atoms with Gasteiger partial charge in [-0.15, -0.1) is 0 Å². The van der Waals surface area contributed by atoms with Gasteiger partial charge in [0.1, 0.15) is 5.70 Å². The zero-order valence-electron chi connectivity index (χ0n) is 13.7. The van der Waals surface area contributed by atoms with Crippen LogP contribution in [0.2, 0.25) is 0 Å². The van der Waals surface area contributed by atoms with Crippen LogP contribution in [0.25, 0.3) is 0 Å². The first kappa shape index (κ1) is 15.2. The Bertz CT molecular complexity index is 725. The number of hydrogen-bond donors (Lipinski definition) is 5. The summed E-state index contributed by atoms with van der Waals surface area (Å²) in [6.45, 7) is 2.34. The van der Waals surface area contributed by atoms with E-state index in [1.54, 1.807) is 6.20 Å². The van der Waals surface area contributed by atoms with E-state index in [2.05, 4.69) is 49.5 Å². The van der Waals surface area contributed by atoms with Crippen LogP contribution >= 0.6 is 11.9 Å². The van der Waals surface area contributed by atoms with E-state index in [0.717, 1.165) is 32.6 Å². The van der Waals surface area contributed by atoms with Crippen molar-refractivity contribution in [1.29, 1.82) is 0 Å². The van der Waals surface area contributed by atoms with Gasteiger partial charge in [-0.3, -0.25) is 10.2 Å². The van der Waals surface area contributed by atoms with Crippen molar-refractivity contribution in [3.05, 3.63) is 30.1 Å². The molecule has 4 heterocycles. The van der Waals surface area contributed by atoms with Crippen molar-refractivity contribution in [3.8, 4) is 0 Å². The van der Waals surface area contributed by atoms with E-state index in [-0.39, 0.29) is 5.91 Å². The molecule has 0 aliphatic carbocycles. The Balaban J connectivity index is 1.31. The van der Waals surface area contributed by atoms with Crippen molar-refractivity contribution >= 4 is 29.2 Å². The summed E-state index contributed by atoms with van der Waals surface area (Å²) in [4.78, 5) is 15.8. The number of hydrogen-bond acceptors (Lipinski definition) is 8. The maximum Gasteiger partial charge on any atom is 0.273 e. The number of rotatable bonds is 3. The van der Waals surface area contributed by atoms with Crippen LogP contribution < -0.4 is 27.0 Å². The summed E-state index contributed by atoms with van der Waals surface area (Å²) in [6.07, 6.45) is 3.97. The number of hydrazine groups is 2. The van der Waals surface area contributed by atoms with Crippen LogP contribution in [0.5, 0.6) is 0 Å². The Morgan fingerprint density at radius 2 is 2.00 bits per heavy atom. The molecule has 132 valence electrons. The Hall–Kier alpha value is -2.10. The van der Waals surface area contributed by atoms with Crippen molar-refractivity contribution in [2.75, 3.05) is 30.4 Å². The highest BCUT2D eigenvalue weighted by atomic mass is 32.2. The van der Waals surface area contributed by atoms with Gasteiger partial charge in [0.15, 0.2) is 0 Å². The number of carbonyl (C=O) groups excluding carboxylic acids is 1. The third-order valence-corrected chi connectivity index (χ3v) is 6.54. The predicted octanol–water partition coefficient (Wildman–Crippen LogP) is 0.618. The molecule has 2 atom stereocenters. The molecule has 9 heteroatoms. The van der Waals surface area contributed by atoms with Gasteiger partial charge in [0, 0.05) is 36.3 Å². The van der Waals surface area contributed by atoms with Crippen molar-refractivity contribution in [2.45, 2.75) is 29.8 Å². The summed E-state index contributed by atoms with van der Waals surface area (Å²) >= 11 is 1.83. The maximum atomic E-state index is 12.6. The minimum Gasteiger partial charge on any atom is -0.366 e. The van der Waals surface area contributed by atoms with Crippen LogP contribution in [0.1, 0.15) is 12.8 Å². The molecule has 2 saturated heterocycles. The molecule has 4 aliphatic heterocycles. The van der Waals surface area contributed by atoms with Crippen LogP contribution in [-0.4, -0.2) is 47.0 Å². The molecule has 2 fully saturated rings. The first-order valence-electron chi connectivity index (χ1n) is 8.62. The molecular formula is C16H21N7OS. The summed E-state index contributed by atoms with van der Waals surface area (Å²) in [6, 6.07) is 7.18. The topological polar surface area (TPSA) is 83.7 Å². The molecule has 5 N–H and O–H groups in total. The fourth-order valence-corrected chi connectivity index (χ4v) is 5.27. The molecule has 0 spiro atoms. The number of benzene rings is 1. The molecule has 8 nitrogen and oxygen atoms in total. The average molecular weight is 359 g/mol. The highest BCUT2D eigenvalue weighted by Gasteiger charge is 2.43. The second-order valence-electron chi connectivity index (χ2n) is 6.71. The molecular weight excluding hydrogens is 338 g/mol. The average Bonchev–Trinajstić information content (AvgIpc) is 3.35. The van der Waals surface area contributed by atoms with Crippen LogP contribution in [0.15, 0.2) is 35.0 Å². The third kappa shape index (κ3) is 2.59. The number of para-hydroxylation sites is 1. The van der Waals surface area contributed by atoms with Gasteiger partial charge in [0.05, 0.1) is 18.0 Å². The van der Waals surface area contributed by atoms with E-state index in [1.807, 2.05) is 16.8 Å². The third-order valence-electron chi connectivity index (χ3n) is 5.19. The Kier molecular flexibility index (Phi) is 3.65. The van der Waals surface area contributed by atoms with E-state index in [1.165, 1.54) is 16.3 Å². The van der Waals surface area contributed by atoms with Crippen LogP contribution in [-0.2, 0) is 4.79 Å². The lowest BCUT2D eigenvalue weighted by molar-refractivity contribution is -0.129. The van der Waals surface area contributed by atoms with E-state index in [4.69, 9.17) is 0 Å². The first-order chi connectivity index (χ1) is 12.3. The van der Waals surface area contributed by atoms with Gasteiger partial charge >= 0.3 is 0 Å². The molecule has 1 aromatic rings. The first-order valence-corrected chi connectivity index (χ1v) is 9.40. The van der Waals surface area contributed by atoms with Crippen LogP contribution in [0, 0.1) is 0 Å². The fraction of sp³-hybridized carbons (Fsp3) is 0.438. The largest absolute Gasteiger partial charge is 0.366 e. The Morgan fingerprint density at radius 1 is 1.16 bits per heavy atom. The standard InChI is InChI=1S/C16H21N7OS/c24-16(13-6-19-21-20-13)22-7-10-4-5-11(8-22)23(10)25-14-3-1-2-12-15(14)18-9-17-12/h1-3,6,10-11,17-21H,4-5,7-9H2. The maximum absolute atomic E-state index is 12.6. The Morgan fingerprint density at radius 3 is 2.76 bits per heavy atom. The molecule has 5 rings (SSSR count). The zero-order chi connectivity index (χ0) is 16.8. The summed E-state index contributed by atoms with van der Waals surface area (Å²) in [5.74, 6) is 0.0607.